The predicted octanol–water partition coefficient (Wildman–Crippen LogP) is 2.09. The molecule has 0 bridgehead atoms. The molecule has 2 saturated heterocycles. The van der Waals surface area contributed by atoms with E-state index in [-0.39, 0.29) is 18.3 Å². The molecule has 0 saturated carbocycles. The lowest BCUT2D eigenvalue weighted by Crippen LogP contribution is -2.54. The number of carbonyl (C=O) groups excluding carboxylic acids is 1. The Bertz CT molecular complexity index is 496. The van der Waals surface area contributed by atoms with Crippen LogP contribution in [-0.4, -0.2) is 43.7 Å². The van der Waals surface area contributed by atoms with Crippen molar-refractivity contribution in [1.29, 1.82) is 0 Å². The Morgan fingerprint density at radius 1 is 1.29 bits per heavy atom. The monoisotopic (exact) mass is 293 g/mol. The van der Waals surface area contributed by atoms with Crippen LogP contribution < -0.4 is 4.74 Å². The van der Waals surface area contributed by atoms with E-state index in [2.05, 4.69) is 0 Å². The van der Waals surface area contributed by atoms with E-state index in [4.69, 9.17) is 9.47 Å². The van der Waals surface area contributed by atoms with E-state index < -0.39 is 0 Å². The van der Waals surface area contributed by atoms with Crippen LogP contribution in [0.25, 0.3) is 0 Å². The van der Waals surface area contributed by atoms with E-state index >= 15 is 0 Å². The smallest absolute Gasteiger partial charge is 0.260 e. The normalized spacial score (nSPS) is 20.1. The maximum absolute atomic E-state index is 13.0. The standard InChI is InChI=1S/C16H20FNO3/c17-14-2-1-3-15(8-14)21-11-16(19)18-9-13(10-18)12-4-6-20-7-5-12/h1-3,8,12-13H,4-7,9-11H2. The molecule has 0 atom stereocenters. The fourth-order valence-corrected chi connectivity index (χ4v) is 2.99. The molecule has 2 aliphatic rings. The van der Waals surface area contributed by atoms with E-state index in [1.54, 1.807) is 12.1 Å². The molecule has 0 aliphatic carbocycles. The van der Waals surface area contributed by atoms with Gasteiger partial charge in [0.25, 0.3) is 5.91 Å². The maximum Gasteiger partial charge on any atom is 0.260 e. The number of hydrogen-bond donors (Lipinski definition) is 0. The van der Waals surface area contributed by atoms with Crippen LogP contribution in [0.3, 0.4) is 0 Å². The lowest BCUT2D eigenvalue weighted by molar-refractivity contribution is -0.142. The molecule has 4 nitrogen and oxygen atoms in total. The summed E-state index contributed by atoms with van der Waals surface area (Å²) in [6, 6.07) is 5.86. The number of amides is 1. The number of carbonyl (C=O) groups is 1. The fourth-order valence-electron chi connectivity index (χ4n) is 2.99. The Labute approximate surface area is 123 Å². The topological polar surface area (TPSA) is 38.8 Å². The number of rotatable bonds is 4. The Morgan fingerprint density at radius 2 is 2.05 bits per heavy atom. The minimum Gasteiger partial charge on any atom is -0.484 e. The van der Waals surface area contributed by atoms with E-state index in [0.29, 0.717) is 17.6 Å². The number of likely N-dealkylation sites (tertiary alicyclic amines) is 1. The third-order valence-corrected chi connectivity index (χ3v) is 4.35. The molecule has 5 heteroatoms. The summed E-state index contributed by atoms with van der Waals surface area (Å²) < 4.78 is 23.7. The van der Waals surface area contributed by atoms with Crippen molar-refractivity contribution in [1.82, 2.24) is 4.90 Å². The zero-order valence-corrected chi connectivity index (χ0v) is 12.0. The van der Waals surface area contributed by atoms with Gasteiger partial charge in [-0.05, 0) is 36.8 Å². The largest absolute Gasteiger partial charge is 0.484 e. The highest BCUT2D eigenvalue weighted by Crippen LogP contribution is 2.31. The van der Waals surface area contributed by atoms with Gasteiger partial charge in [0.05, 0.1) is 0 Å². The van der Waals surface area contributed by atoms with Gasteiger partial charge >= 0.3 is 0 Å². The summed E-state index contributed by atoms with van der Waals surface area (Å²) in [6.07, 6.45) is 2.21. The second-order valence-corrected chi connectivity index (χ2v) is 5.75. The summed E-state index contributed by atoms with van der Waals surface area (Å²) in [4.78, 5) is 13.8. The van der Waals surface area contributed by atoms with Crippen molar-refractivity contribution in [2.24, 2.45) is 11.8 Å². The van der Waals surface area contributed by atoms with Gasteiger partial charge in [0.1, 0.15) is 11.6 Å². The molecule has 0 spiro atoms. The molecule has 0 aromatic heterocycles. The third-order valence-electron chi connectivity index (χ3n) is 4.35. The van der Waals surface area contributed by atoms with Crippen LogP contribution >= 0.6 is 0 Å². The molecule has 21 heavy (non-hydrogen) atoms. The van der Waals surface area contributed by atoms with Crippen LogP contribution in [0.5, 0.6) is 5.75 Å². The van der Waals surface area contributed by atoms with Crippen molar-refractivity contribution in [3.63, 3.8) is 0 Å². The molecule has 1 aromatic rings. The van der Waals surface area contributed by atoms with E-state index in [9.17, 15) is 9.18 Å². The van der Waals surface area contributed by atoms with Gasteiger partial charge in [0.2, 0.25) is 0 Å². The van der Waals surface area contributed by atoms with Crippen LogP contribution in [0.4, 0.5) is 4.39 Å². The molecule has 2 aliphatic heterocycles. The van der Waals surface area contributed by atoms with Crippen molar-refractivity contribution in [2.45, 2.75) is 12.8 Å². The quantitative estimate of drug-likeness (QED) is 0.853. The first-order valence-electron chi connectivity index (χ1n) is 7.46. The van der Waals surface area contributed by atoms with Crippen LogP contribution in [0.1, 0.15) is 12.8 Å². The van der Waals surface area contributed by atoms with Crippen molar-refractivity contribution in [2.75, 3.05) is 32.9 Å². The maximum atomic E-state index is 13.0. The van der Waals surface area contributed by atoms with E-state index in [1.165, 1.54) is 12.1 Å². The summed E-state index contributed by atoms with van der Waals surface area (Å²) in [6.45, 7) is 3.30. The average Bonchev–Trinajstić information content (AvgIpc) is 2.45. The van der Waals surface area contributed by atoms with Crippen LogP contribution in [-0.2, 0) is 9.53 Å². The first-order chi connectivity index (χ1) is 10.2. The van der Waals surface area contributed by atoms with Gasteiger partial charge in [-0.1, -0.05) is 6.07 Å². The van der Waals surface area contributed by atoms with Crippen molar-refractivity contribution < 1.29 is 18.7 Å². The van der Waals surface area contributed by atoms with Crippen LogP contribution in [0.15, 0.2) is 24.3 Å². The van der Waals surface area contributed by atoms with Gasteiger partial charge in [0.15, 0.2) is 6.61 Å². The summed E-state index contributed by atoms with van der Waals surface area (Å²) in [5, 5.41) is 0. The molecule has 1 aromatic carbocycles. The molecule has 3 rings (SSSR count). The number of halogens is 1. The first kappa shape index (κ1) is 14.3. The Kier molecular flexibility index (Phi) is 4.39. The molecule has 0 radical (unpaired) electrons. The summed E-state index contributed by atoms with van der Waals surface area (Å²) in [5.74, 6) is 1.30. The van der Waals surface area contributed by atoms with Crippen molar-refractivity contribution >= 4 is 5.91 Å². The molecule has 114 valence electrons. The molecule has 2 heterocycles. The minimum absolute atomic E-state index is 0.0239. The predicted molar refractivity (Wildman–Crippen MR) is 75.5 cm³/mol. The van der Waals surface area contributed by atoms with Crippen molar-refractivity contribution in [3.05, 3.63) is 30.1 Å². The first-order valence-corrected chi connectivity index (χ1v) is 7.46. The third kappa shape index (κ3) is 3.53. The highest BCUT2D eigenvalue weighted by molar-refractivity contribution is 5.78. The lowest BCUT2D eigenvalue weighted by Gasteiger charge is -2.44. The SMILES string of the molecule is O=C(COc1cccc(F)c1)N1CC(C2CCOCC2)C1. The van der Waals surface area contributed by atoms with Gasteiger partial charge in [0, 0.05) is 32.4 Å². The van der Waals surface area contributed by atoms with E-state index in [0.717, 1.165) is 39.1 Å². The summed E-state index contributed by atoms with van der Waals surface area (Å²) in [5.41, 5.74) is 0. The molecule has 0 unspecified atom stereocenters. The minimum atomic E-state index is -0.358. The fraction of sp³-hybridized carbons (Fsp3) is 0.562. The van der Waals surface area contributed by atoms with Gasteiger partial charge in [-0.2, -0.15) is 0 Å². The Morgan fingerprint density at radius 3 is 2.76 bits per heavy atom. The van der Waals surface area contributed by atoms with Gasteiger partial charge in [-0.25, -0.2) is 4.39 Å². The molecule has 1 amide bonds. The van der Waals surface area contributed by atoms with Crippen molar-refractivity contribution in [3.8, 4) is 5.75 Å². The number of benzene rings is 1. The number of ether oxygens (including phenoxy) is 2. The highest BCUT2D eigenvalue weighted by atomic mass is 19.1. The summed E-state index contributed by atoms with van der Waals surface area (Å²) >= 11 is 0. The second-order valence-electron chi connectivity index (χ2n) is 5.75. The lowest BCUT2D eigenvalue weighted by atomic mass is 9.81. The second kappa shape index (κ2) is 6.43. The zero-order valence-electron chi connectivity index (χ0n) is 12.0. The van der Waals surface area contributed by atoms with Crippen LogP contribution in [0.2, 0.25) is 0 Å². The Hall–Kier alpha value is -1.62. The highest BCUT2D eigenvalue weighted by Gasteiger charge is 2.36. The van der Waals surface area contributed by atoms with Crippen LogP contribution in [0, 0.1) is 17.7 Å². The summed E-state index contributed by atoms with van der Waals surface area (Å²) in [7, 11) is 0. The molecule has 0 N–H and O–H groups in total. The molecular weight excluding hydrogens is 273 g/mol. The van der Waals surface area contributed by atoms with Gasteiger partial charge in [-0.15, -0.1) is 0 Å². The van der Waals surface area contributed by atoms with Gasteiger partial charge < -0.3 is 14.4 Å². The number of hydrogen-bond acceptors (Lipinski definition) is 3. The Balaban J connectivity index is 1.41. The number of nitrogens with zero attached hydrogens (tertiary/aromatic N) is 1. The molecular formula is C16H20FNO3. The molecule has 2 fully saturated rings. The average molecular weight is 293 g/mol. The van der Waals surface area contributed by atoms with E-state index in [1.807, 2.05) is 4.90 Å². The van der Waals surface area contributed by atoms with Gasteiger partial charge in [-0.3, -0.25) is 4.79 Å². The zero-order chi connectivity index (χ0) is 14.7.